The van der Waals surface area contributed by atoms with Gasteiger partial charge in [0.2, 0.25) is 5.82 Å². The molecule has 6 heteroatoms. The summed E-state index contributed by atoms with van der Waals surface area (Å²) in [7, 11) is -3.40. The van der Waals surface area contributed by atoms with E-state index < -0.39 is 10.0 Å². The lowest BCUT2D eigenvalue weighted by Crippen LogP contribution is -3.00. The monoisotopic (exact) mass is 270 g/mol. The average Bonchev–Trinajstić information content (AvgIpc) is 2.31. The molecule has 2 aromatic rings. The number of rotatable bonds is 3. The molecule has 0 atom stereocenters. The van der Waals surface area contributed by atoms with Crippen LogP contribution in [0.15, 0.2) is 59.6 Å². The SMILES string of the molecule is O=S(=O)([NH2+]c1ccccn1)c1ccccc1.[Cl-]. The maximum absolute atomic E-state index is 11.9. The van der Waals surface area contributed by atoms with Crippen molar-refractivity contribution < 1.29 is 25.5 Å². The fraction of sp³-hybridized carbons (Fsp3) is 0. The highest BCUT2D eigenvalue weighted by Crippen LogP contribution is 2.04. The molecular formula is C11H11ClN2O2S. The van der Waals surface area contributed by atoms with E-state index in [-0.39, 0.29) is 17.3 Å². The Morgan fingerprint density at radius 3 is 2.18 bits per heavy atom. The normalized spacial score (nSPS) is 10.6. The minimum absolute atomic E-state index is 0. The van der Waals surface area contributed by atoms with Gasteiger partial charge in [0.25, 0.3) is 0 Å². The Bertz CT molecular complexity index is 559. The van der Waals surface area contributed by atoms with Gasteiger partial charge < -0.3 is 12.4 Å². The second kappa shape index (κ2) is 5.77. The van der Waals surface area contributed by atoms with Gasteiger partial charge in [0.05, 0.1) is 0 Å². The predicted molar refractivity (Wildman–Crippen MR) is 59.5 cm³/mol. The van der Waals surface area contributed by atoms with E-state index in [1.807, 2.05) is 0 Å². The van der Waals surface area contributed by atoms with Crippen LogP contribution in [-0.4, -0.2) is 13.4 Å². The van der Waals surface area contributed by atoms with Gasteiger partial charge in [-0.1, -0.05) is 24.3 Å². The van der Waals surface area contributed by atoms with E-state index in [1.165, 1.54) is 4.72 Å². The first kappa shape index (κ1) is 13.6. The number of quaternary nitrogens is 1. The van der Waals surface area contributed by atoms with E-state index >= 15 is 0 Å². The van der Waals surface area contributed by atoms with Crippen LogP contribution < -0.4 is 17.1 Å². The van der Waals surface area contributed by atoms with Gasteiger partial charge in [0.1, 0.15) is 4.90 Å². The quantitative estimate of drug-likeness (QED) is 0.681. The zero-order chi connectivity index (χ0) is 11.4. The number of nitrogens with two attached hydrogens (primary N) is 1. The second-order valence-corrected chi connectivity index (χ2v) is 5.03. The molecule has 0 spiro atoms. The van der Waals surface area contributed by atoms with Crippen molar-refractivity contribution in [3.63, 3.8) is 0 Å². The molecule has 0 radical (unpaired) electrons. The number of pyridine rings is 1. The summed E-state index contributed by atoms with van der Waals surface area (Å²) in [4.78, 5) is 4.23. The lowest BCUT2D eigenvalue weighted by atomic mass is 10.4. The van der Waals surface area contributed by atoms with E-state index in [2.05, 4.69) is 4.98 Å². The van der Waals surface area contributed by atoms with Crippen molar-refractivity contribution in [3.05, 3.63) is 54.7 Å². The highest BCUT2D eigenvalue weighted by atomic mass is 35.5. The molecular weight excluding hydrogens is 260 g/mol. The van der Waals surface area contributed by atoms with E-state index in [0.29, 0.717) is 5.82 Å². The highest BCUT2D eigenvalue weighted by molar-refractivity contribution is 7.84. The smallest absolute Gasteiger partial charge is 0.330 e. The van der Waals surface area contributed by atoms with Gasteiger partial charge in [0, 0.05) is 12.3 Å². The van der Waals surface area contributed by atoms with Crippen LogP contribution in [0.25, 0.3) is 0 Å². The zero-order valence-electron chi connectivity index (χ0n) is 8.82. The Hall–Kier alpha value is -1.43. The predicted octanol–water partition coefficient (Wildman–Crippen LogP) is -2.33. The maximum Gasteiger partial charge on any atom is 0.330 e. The van der Waals surface area contributed by atoms with Crippen LogP contribution in [0.1, 0.15) is 0 Å². The molecule has 0 bridgehead atoms. The molecule has 0 fully saturated rings. The number of aromatic nitrogens is 1. The summed E-state index contributed by atoms with van der Waals surface area (Å²) in [5.41, 5.74) is 0. The maximum atomic E-state index is 11.9. The summed E-state index contributed by atoms with van der Waals surface area (Å²) >= 11 is 0. The Labute approximate surface area is 106 Å². The molecule has 17 heavy (non-hydrogen) atoms. The number of sulfonamides is 1. The molecule has 2 rings (SSSR count). The van der Waals surface area contributed by atoms with Gasteiger partial charge in [-0.05, 0) is 18.2 Å². The van der Waals surface area contributed by atoms with Crippen molar-refractivity contribution in [1.29, 1.82) is 0 Å². The van der Waals surface area contributed by atoms with E-state index in [4.69, 9.17) is 0 Å². The van der Waals surface area contributed by atoms with Crippen molar-refractivity contribution in [2.24, 2.45) is 0 Å². The largest absolute Gasteiger partial charge is 1.00 e. The summed E-state index contributed by atoms with van der Waals surface area (Å²) in [6.45, 7) is 0. The molecule has 1 heterocycles. The van der Waals surface area contributed by atoms with Crippen molar-refractivity contribution in [2.45, 2.75) is 4.90 Å². The lowest BCUT2D eigenvalue weighted by molar-refractivity contribution is -0.402. The number of halogens is 1. The minimum Gasteiger partial charge on any atom is -1.00 e. The number of hydrogen-bond donors (Lipinski definition) is 1. The molecule has 90 valence electrons. The fourth-order valence-corrected chi connectivity index (χ4v) is 2.41. The van der Waals surface area contributed by atoms with Crippen LogP contribution in [0.3, 0.4) is 0 Å². The molecule has 2 N–H and O–H groups in total. The highest BCUT2D eigenvalue weighted by Gasteiger charge is 2.18. The molecule has 4 nitrogen and oxygen atoms in total. The van der Waals surface area contributed by atoms with Gasteiger partial charge in [-0.15, -0.1) is 0 Å². The Morgan fingerprint density at radius 2 is 1.59 bits per heavy atom. The molecule has 1 aromatic carbocycles. The van der Waals surface area contributed by atoms with E-state index in [9.17, 15) is 8.42 Å². The summed E-state index contributed by atoms with van der Waals surface area (Å²) in [5.74, 6) is 0.436. The van der Waals surface area contributed by atoms with Crippen molar-refractivity contribution >= 4 is 15.8 Å². The first-order valence-corrected chi connectivity index (χ1v) is 6.29. The van der Waals surface area contributed by atoms with Crippen LogP contribution in [0.5, 0.6) is 0 Å². The number of hydrogen-bond acceptors (Lipinski definition) is 3. The van der Waals surface area contributed by atoms with Crippen LogP contribution in [-0.2, 0) is 10.0 Å². The molecule has 0 aliphatic heterocycles. The topological polar surface area (TPSA) is 63.6 Å². The van der Waals surface area contributed by atoms with Crippen LogP contribution in [0, 0.1) is 0 Å². The summed E-state index contributed by atoms with van der Waals surface area (Å²) < 4.78 is 25.0. The van der Waals surface area contributed by atoms with Crippen molar-refractivity contribution in [3.8, 4) is 0 Å². The molecule has 0 saturated carbocycles. The first-order chi connectivity index (χ1) is 7.68. The fourth-order valence-electron chi connectivity index (χ4n) is 1.28. The Kier molecular flexibility index (Phi) is 4.62. The van der Waals surface area contributed by atoms with Gasteiger partial charge in [-0.2, -0.15) is 13.1 Å². The third-order valence-electron chi connectivity index (χ3n) is 2.04. The third kappa shape index (κ3) is 3.52. The lowest BCUT2D eigenvalue weighted by Gasteiger charge is -2.00. The average molecular weight is 271 g/mol. The molecule has 0 aliphatic rings. The van der Waals surface area contributed by atoms with Crippen molar-refractivity contribution in [2.75, 3.05) is 0 Å². The Balaban J connectivity index is 0.00000144. The van der Waals surface area contributed by atoms with Crippen LogP contribution in [0.4, 0.5) is 5.82 Å². The standard InChI is InChI=1S/C11H10N2O2S.ClH/c14-16(15,10-6-2-1-3-7-10)13-11-8-4-5-9-12-11;/h1-9H,(H,12,13);1H. The third-order valence-corrected chi connectivity index (χ3v) is 3.52. The van der Waals surface area contributed by atoms with E-state index in [0.717, 1.165) is 0 Å². The van der Waals surface area contributed by atoms with Crippen LogP contribution in [0.2, 0.25) is 0 Å². The molecule has 0 saturated heterocycles. The molecule has 0 aliphatic carbocycles. The minimum atomic E-state index is -3.40. The molecule has 1 aromatic heterocycles. The zero-order valence-corrected chi connectivity index (χ0v) is 10.4. The van der Waals surface area contributed by atoms with Gasteiger partial charge in [0.15, 0.2) is 0 Å². The number of nitrogens with zero attached hydrogens (tertiary/aromatic N) is 1. The summed E-state index contributed by atoms with van der Waals surface area (Å²) in [6.07, 6.45) is 1.56. The molecule has 0 amide bonds. The van der Waals surface area contributed by atoms with Gasteiger partial charge in [-0.25, -0.2) is 4.98 Å². The number of benzene rings is 1. The van der Waals surface area contributed by atoms with E-state index in [1.54, 1.807) is 54.7 Å². The van der Waals surface area contributed by atoms with Gasteiger partial charge in [-0.3, -0.25) is 0 Å². The van der Waals surface area contributed by atoms with Crippen molar-refractivity contribution in [1.82, 2.24) is 4.98 Å². The van der Waals surface area contributed by atoms with Crippen LogP contribution >= 0.6 is 0 Å². The van der Waals surface area contributed by atoms with Gasteiger partial charge >= 0.3 is 10.0 Å². The number of primary sulfonamides is 1. The summed E-state index contributed by atoms with van der Waals surface area (Å²) in [6, 6.07) is 13.4. The Morgan fingerprint density at radius 1 is 0.941 bits per heavy atom. The summed E-state index contributed by atoms with van der Waals surface area (Å²) in [5, 5.41) is 0. The molecule has 0 unspecified atom stereocenters. The second-order valence-electron chi connectivity index (χ2n) is 3.23. The first-order valence-electron chi connectivity index (χ1n) is 4.74.